The third-order valence-electron chi connectivity index (χ3n) is 2.13. The highest BCUT2D eigenvalue weighted by molar-refractivity contribution is 9.10. The average molecular weight is 296 g/mol. The quantitative estimate of drug-likeness (QED) is 0.699. The molecule has 0 aliphatic heterocycles. The number of rotatable bonds is 1. The summed E-state index contributed by atoms with van der Waals surface area (Å²) in [5, 5.41) is 13.0. The number of hydrogen-bond acceptors (Lipinski definition) is 5. The van der Waals surface area contributed by atoms with Crippen molar-refractivity contribution >= 4 is 37.9 Å². The molecule has 7 heteroatoms. The summed E-state index contributed by atoms with van der Waals surface area (Å²) >= 11 is 4.88. The van der Waals surface area contributed by atoms with Gasteiger partial charge in [-0.1, -0.05) is 11.3 Å². The standard InChI is InChI=1S/C9H6BrN5S/c10-6-3-5(1-2-7(6)11)8-14-15-4-12-13-9(15)16-8/h1-4H,11H2. The summed E-state index contributed by atoms with van der Waals surface area (Å²) in [7, 11) is 0. The lowest BCUT2D eigenvalue weighted by atomic mass is 10.2. The second-order valence-electron chi connectivity index (χ2n) is 3.20. The molecule has 16 heavy (non-hydrogen) atoms. The minimum absolute atomic E-state index is 0.715. The molecule has 0 bridgehead atoms. The van der Waals surface area contributed by atoms with Gasteiger partial charge in [0.1, 0.15) is 11.3 Å². The number of fused-ring (bicyclic) bond motifs is 1. The zero-order chi connectivity index (χ0) is 11.1. The monoisotopic (exact) mass is 295 g/mol. The van der Waals surface area contributed by atoms with Crippen LogP contribution in [0.3, 0.4) is 0 Å². The predicted octanol–water partition coefficient (Wildman–Crippen LogP) is 2.20. The second-order valence-corrected chi connectivity index (χ2v) is 5.01. The van der Waals surface area contributed by atoms with Gasteiger partial charge in [0.2, 0.25) is 4.96 Å². The Hall–Kier alpha value is -1.47. The highest BCUT2D eigenvalue weighted by Gasteiger charge is 2.08. The van der Waals surface area contributed by atoms with E-state index in [0.717, 1.165) is 20.0 Å². The smallest absolute Gasteiger partial charge is 0.234 e. The molecule has 80 valence electrons. The van der Waals surface area contributed by atoms with Gasteiger partial charge in [-0.05, 0) is 34.1 Å². The Kier molecular flexibility index (Phi) is 2.15. The number of nitrogen functional groups attached to an aromatic ring is 1. The maximum Gasteiger partial charge on any atom is 0.234 e. The lowest BCUT2D eigenvalue weighted by molar-refractivity contribution is 0.960. The predicted molar refractivity (Wildman–Crippen MR) is 66.2 cm³/mol. The first-order valence-electron chi connectivity index (χ1n) is 4.46. The number of anilines is 1. The second kappa shape index (κ2) is 3.53. The van der Waals surface area contributed by atoms with Gasteiger partial charge in [-0.3, -0.25) is 0 Å². The first-order valence-corrected chi connectivity index (χ1v) is 6.07. The van der Waals surface area contributed by atoms with Gasteiger partial charge in [-0.15, -0.1) is 10.2 Å². The van der Waals surface area contributed by atoms with E-state index in [1.165, 1.54) is 11.3 Å². The van der Waals surface area contributed by atoms with Crippen molar-refractivity contribution in [2.75, 3.05) is 5.73 Å². The Morgan fingerprint density at radius 3 is 3.00 bits per heavy atom. The van der Waals surface area contributed by atoms with E-state index in [9.17, 15) is 0 Å². The van der Waals surface area contributed by atoms with E-state index in [1.807, 2.05) is 18.2 Å². The zero-order valence-electron chi connectivity index (χ0n) is 7.96. The van der Waals surface area contributed by atoms with Crippen molar-refractivity contribution in [2.24, 2.45) is 0 Å². The van der Waals surface area contributed by atoms with E-state index in [-0.39, 0.29) is 0 Å². The molecule has 0 radical (unpaired) electrons. The molecular formula is C9H6BrN5S. The minimum Gasteiger partial charge on any atom is -0.398 e. The molecule has 2 heterocycles. The highest BCUT2D eigenvalue weighted by Crippen LogP contribution is 2.29. The lowest BCUT2D eigenvalue weighted by Gasteiger charge is -1.99. The van der Waals surface area contributed by atoms with Gasteiger partial charge >= 0.3 is 0 Å². The molecule has 3 aromatic rings. The topological polar surface area (TPSA) is 69.1 Å². The number of benzene rings is 1. The molecule has 0 unspecified atom stereocenters. The molecular weight excluding hydrogens is 290 g/mol. The molecule has 2 N–H and O–H groups in total. The summed E-state index contributed by atoms with van der Waals surface area (Å²) in [4.78, 5) is 0.781. The van der Waals surface area contributed by atoms with Crippen molar-refractivity contribution in [3.63, 3.8) is 0 Å². The van der Waals surface area contributed by atoms with Crippen LogP contribution in [0.5, 0.6) is 0 Å². The van der Waals surface area contributed by atoms with Crippen LogP contribution in [0.4, 0.5) is 5.69 Å². The molecule has 0 atom stereocenters. The summed E-state index contributed by atoms with van der Waals surface area (Å²) in [5.41, 5.74) is 7.46. The number of aromatic nitrogens is 4. The summed E-state index contributed by atoms with van der Waals surface area (Å²) in [6.07, 6.45) is 1.58. The van der Waals surface area contributed by atoms with Crippen molar-refractivity contribution in [1.29, 1.82) is 0 Å². The molecule has 0 aliphatic rings. The first-order chi connectivity index (χ1) is 7.74. The van der Waals surface area contributed by atoms with Crippen molar-refractivity contribution in [1.82, 2.24) is 19.8 Å². The van der Waals surface area contributed by atoms with Gasteiger partial charge in [-0.2, -0.15) is 9.61 Å². The SMILES string of the molecule is Nc1ccc(-c2nn3cnnc3s2)cc1Br. The normalized spacial score (nSPS) is 11.1. The Balaban J connectivity index is 2.15. The van der Waals surface area contributed by atoms with E-state index in [0.29, 0.717) is 5.69 Å². The van der Waals surface area contributed by atoms with Crippen LogP contribution in [0.15, 0.2) is 29.0 Å². The third-order valence-corrected chi connectivity index (χ3v) is 3.78. The fourth-order valence-corrected chi connectivity index (χ4v) is 2.53. The fourth-order valence-electron chi connectivity index (χ4n) is 1.34. The molecule has 0 amide bonds. The molecule has 1 aromatic carbocycles. The van der Waals surface area contributed by atoms with Crippen LogP contribution in [-0.4, -0.2) is 19.8 Å². The molecule has 3 rings (SSSR count). The van der Waals surface area contributed by atoms with E-state index >= 15 is 0 Å². The summed E-state index contributed by atoms with van der Waals surface area (Å²) in [5.74, 6) is 0. The van der Waals surface area contributed by atoms with Crippen LogP contribution in [0.25, 0.3) is 15.5 Å². The van der Waals surface area contributed by atoms with Crippen molar-refractivity contribution < 1.29 is 0 Å². The maximum absolute atomic E-state index is 5.73. The van der Waals surface area contributed by atoms with Crippen LogP contribution >= 0.6 is 27.3 Å². The molecule has 0 spiro atoms. The minimum atomic E-state index is 0.715. The average Bonchev–Trinajstić information content (AvgIpc) is 2.81. The van der Waals surface area contributed by atoms with E-state index in [1.54, 1.807) is 10.8 Å². The van der Waals surface area contributed by atoms with Gasteiger partial charge in [0.05, 0.1) is 0 Å². The largest absolute Gasteiger partial charge is 0.398 e. The summed E-state index contributed by atoms with van der Waals surface area (Å²) in [6.45, 7) is 0. The van der Waals surface area contributed by atoms with Gasteiger partial charge in [0.15, 0.2) is 0 Å². The lowest BCUT2D eigenvalue weighted by Crippen LogP contribution is -1.87. The van der Waals surface area contributed by atoms with Gasteiger partial charge in [0, 0.05) is 15.7 Å². The van der Waals surface area contributed by atoms with Crippen LogP contribution in [0.1, 0.15) is 0 Å². The molecule has 0 saturated carbocycles. The maximum atomic E-state index is 5.73. The highest BCUT2D eigenvalue weighted by atomic mass is 79.9. The number of halogens is 1. The Morgan fingerprint density at radius 1 is 1.38 bits per heavy atom. The molecule has 0 saturated heterocycles. The Bertz CT molecular complexity index is 630. The van der Waals surface area contributed by atoms with Crippen molar-refractivity contribution in [2.45, 2.75) is 0 Å². The summed E-state index contributed by atoms with van der Waals surface area (Å²) in [6, 6.07) is 5.73. The Labute approximate surface area is 103 Å². The molecule has 0 fully saturated rings. The zero-order valence-corrected chi connectivity index (χ0v) is 10.4. The van der Waals surface area contributed by atoms with Crippen molar-refractivity contribution in [3.8, 4) is 10.6 Å². The van der Waals surface area contributed by atoms with Gasteiger partial charge < -0.3 is 5.73 Å². The number of nitrogens with zero attached hydrogens (tertiary/aromatic N) is 4. The molecule has 5 nitrogen and oxygen atoms in total. The van der Waals surface area contributed by atoms with Crippen LogP contribution < -0.4 is 5.73 Å². The third kappa shape index (κ3) is 1.48. The first kappa shape index (κ1) is 9.73. The van der Waals surface area contributed by atoms with E-state index in [2.05, 4.69) is 31.2 Å². The summed E-state index contributed by atoms with van der Waals surface area (Å²) < 4.78 is 2.53. The van der Waals surface area contributed by atoms with E-state index < -0.39 is 0 Å². The fraction of sp³-hybridized carbons (Fsp3) is 0. The Morgan fingerprint density at radius 2 is 2.25 bits per heavy atom. The number of nitrogens with two attached hydrogens (primary N) is 1. The van der Waals surface area contributed by atoms with Crippen LogP contribution in [0.2, 0.25) is 0 Å². The van der Waals surface area contributed by atoms with Crippen LogP contribution in [0, 0.1) is 0 Å². The van der Waals surface area contributed by atoms with Crippen LogP contribution in [-0.2, 0) is 0 Å². The number of hydrogen-bond donors (Lipinski definition) is 1. The molecule has 2 aromatic heterocycles. The molecule has 0 aliphatic carbocycles. The van der Waals surface area contributed by atoms with E-state index in [4.69, 9.17) is 5.73 Å². The van der Waals surface area contributed by atoms with Crippen molar-refractivity contribution in [3.05, 3.63) is 29.0 Å². The van der Waals surface area contributed by atoms with Gasteiger partial charge in [0.25, 0.3) is 0 Å². The van der Waals surface area contributed by atoms with Gasteiger partial charge in [-0.25, -0.2) is 0 Å².